The fourth-order valence-electron chi connectivity index (χ4n) is 5.17. The highest BCUT2D eigenvalue weighted by atomic mass is 32.1. The Morgan fingerprint density at radius 1 is 1.00 bits per heavy atom. The van der Waals surface area contributed by atoms with Crippen molar-refractivity contribution in [3.8, 4) is 22.4 Å². The quantitative estimate of drug-likeness (QED) is 0.464. The lowest BCUT2D eigenvalue weighted by atomic mass is 9.79. The van der Waals surface area contributed by atoms with Crippen LogP contribution in [0.15, 0.2) is 42.2 Å². The summed E-state index contributed by atoms with van der Waals surface area (Å²) in [6, 6.07) is 8.75. The van der Waals surface area contributed by atoms with E-state index in [1.807, 2.05) is 17.9 Å². The molecular weight excluding hydrogens is 418 g/mol. The molecule has 1 aliphatic heterocycles. The second-order valence-corrected chi connectivity index (χ2v) is 10.9. The van der Waals surface area contributed by atoms with E-state index in [2.05, 4.69) is 94.6 Å². The molecule has 1 aromatic carbocycles. The lowest BCUT2D eigenvalue weighted by Crippen LogP contribution is -2.62. The van der Waals surface area contributed by atoms with Gasteiger partial charge in [0.1, 0.15) is 0 Å². The van der Waals surface area contributed by atoms with E-state index in [9.17, 15) is 0 Å². The lowest BCUT2D eigenvalue weighted by Gasteiger charge is -2.49. The third-order valence-corrected chi connectivity index (χ3v) is 7.16. The van der Waals surface area contributed by atoms with Gasteiger partial charge in [-0.2, -0.15) is 5.10 Å². The zero-order valence-electron chi connectivity index (χ0n) is 19.2. The summed E-state index contributed by atoms with van der Waals surface area (Å²) in [5.41, 5.74) is 7.04. The van der Waals surface area contributed by atoms with Crippen LogP contribution in [-0.2, 0) is 0 Å². The molecule has 32 heavy (non-hydrogen) atoms. The van der Waals surface area contributed by atoms with Gasteiger partial charge in [0.05, 0.1) is 27.6 Å². The van der Waals surface area contributed by atoms with Crippen LogP contribution in [0.2, 0.25) is 0 Å². The van der Waals surface area contributed by atoms with E-state index in [0.717, 1.165) is 51.3 Å². The predicted octanol–water partition coefficient (Wildman–Crippen LogP) is 4.89. The maximum absolute atomic E-state index is 4.61. The number of anilines is 1. The largest absolute Gasteiger partial charge is 0.355 e. The average Bonchev–Trinajstić information content (AvgIpc) is 3.43. The van der Waals surface area contributed by atoms with Gasteiger partial charge >= 0.3 is 0 Å². The number of thiazole rings is 1. The first-order valence-corrected chi connectivity index (χ1v) is 11.8. The third-order valence-electron chi connectivity index (χ3n) is 6.30. The smallest absolute Gasteiger partial charge is 0.151 e. The number of aromatic amines is 1. The van der Waals surface area contributed by atoms with Gasteiger partial charge in [0, 0.05) is 47.1 Å². The second-order valence-electron chi connectivity index (χ2n) is 10.0. The van der Waals surface area contributed by atoms with Crippen LogP contribution in [0.5, 0.6) is 0 Å². The third kappa shape index (κ3) is 3.89. The molecule has 0 aliphatic carbocycles. The van der Waals surface area contributed by atoms with Gasteiger partial charge in [0.15, 0.2) is 5.82 Å². The summed E-state index contributed by atoms with van der Waals surface area (Å²) < 4.78 is 1.11. The van der Waals surface area contributed by atoms with Crippen molar-refractivity contribution >= 4 is 27.4 Å². The molecule has 4 aromatic rings. The summed E-state index contributed by atoms with van der Waals surface area (Å²) in [4.78, 5) is 6.89. The Morgan fingerprint density at radius 2 is 1.75 bits per heavy atom. The SMILES string of the molecule is CN(c1ccc(-c2ccc(-c3cn[nH]c3)c3ncsc23)nn1)C1CC(C)(C)NC(C)(C)C1. The molecule has 3 aromatic heterocycles. The van der Waals surface area contributed by atoms with Crippen LogP contribution in [-0.4, -0.2) is 49.5 Å². The maximum atomic E-state index is 4.61. The molecule has 0 radical (unpaired) electrons. The summed E-state index contributed by atoms with van der Waals surface area (Å²) in [6.07, 6.45) is 5.84. The summed E-state index contributed by atoms with van der Waals surface area (Å²) in [5.74, 6) is 0.905. The summed E-state index contributed by atoms with van der Waals surface area (Å²) in [6.45, 7) is 9.10. The Balaban J connectivity index is 1.44. The summed E-state index contributed by atoms with van der Waals surface area (Å²) >= 11 is 1.63. The second kappa shape index (κ2) is 7.64. The minimum atomic E-state index is 0.0859. The number of H-pyrrole nitrogens is 1. The normalized spacial score (nSPS) is 18.2. The van der Waals surface area contributed by atoms with Crippen molar-refractivity contribution in [3.05, 3.63) is 42.2 Å². The van der Waals surface area contributed by atoms with Gasteiger partial charge in [-0.15, -0.1) is 21.5 Å². The van der Waals surface area contributed by atoms with Crippen molar-refractivity contribution < 1.29 is 0 Å². The van der Waals surface area contributed by atoms with Gasteiger partial charge in [-0.3, -0.25) is 5.10 Å². The van der Waals surface area contributed by atoms with E-state index >= 15 is 0 Å². The Hall–Kier alpha value is -2.84. The summed E-state index contributed by atoms with van der Waals surface area (Å²) in [7, 11) is 2.13. The molecule has 0 bridgehead atoms. The molecule has 0 atom stereocenters. The number of hydrogen-bond donors (Lipinski definition) is 2. The molecule has 2 N–H and O–H groups in total. The van der Waals surface area contributed by atoms with Gasteiger partial charge in [0.2, 0.25) is 0 Å². The first-order chi connectivity index (χ1) is 15.2. The minimum absolute atomic E-state index is 0.0859. The number of fused-ring (bicyclic) bond motifs is 1. The Morgan fingerprint density at radius 3 is 2.41 bits per heavy atom. The number of hydrogen-bond acceptors (Lipinski definition) is 7. The zero-order chi connectivity index (χ0) is 22.5. The first-order valence-electron chi connectivity index (χ1n) is 10.9. The van der Waals surface area contributed by atoms with Crippen molar-refractivity contribution in [1.82, 2.24) is 30.7 Å². The molecule has 0 spiro atoms. The highest BCUT2D eigenvalue weighted by Gasteiger charge is 2.39. The van der Waals surface area contributed by atoms with Gasteiger partial charge in [-0.25, -0.2) is 4.98 Å². The molecule has 5 rings (SSSR count). The van der Waals surface area contributed by atoms with Crippen LogP contribution in [0.1, 0.15) is 40.5 Å². The Bertz CT molecular complexity index is 1210. The summed E-state index contributed by atoms with van der Waals surface area (Å²) in [5, 5.41) is 19.9. The van der Waals surface area contributed by atoms with Crippen molar-refractivity contribution in [2.45, 2.75) is 57.7 Å². The van der Waals surface area contributed by atoms with E-state index in [-0.39, 0.29) is 11.1 Å². The molecule has 166 valence electrons. The minimum Gasteiger partial charge on any atom is -0.355 e. The van der Waals surface area contributed by atoms with Crippen molar-refractivity contribution in [1.29, 1.82) is 0 Å². The van der Waals surface area contributed by atoms with E-state index in [4.69, 9.17) is 0 Å². The highest BCUT2D eigenvalue weighted by Crippen LogP contribution is 2.37. The van der Waals surface area contributed by atoms with E-state index < -0.39 is 0 Å². The topological polar surface area (TPSA) is 82.6 Å². The zero-order valence-corrected chi connectivity index (χ0v) is 20.0. The maximum Gasteiger partial charge on any atom is 0.151 e. The number of piperidine rings is 1. The molecule has 1 saturated heterocycles. The monoisotopic (exact) mass is 447 g/mol. The van der Waals surface area contributed by atoms with E-state index in [1.54, 1.807) is 11.3 Å². The van der Waals surface area contributed by atoms with Gasteiger partial charge in [-0.05, 0) is 52.7 Å². The molecular formula is C24H29N7S. The van der Waals surface area contributed by atoms with Gasteiger partial charge in [0.25, 0.3) is 0 Å². The standard InChI is InChI=1S/C24H29N7S/c1-23(2)10-16(11-24(3,4)30-23)31(5)20-9-8-19(28-29-20)18-7-6-17(15-12-26-27-13-15)21-22(18)32-14-25-21/h6-9,12-14,16,30H,10-11H2,1-5H3,(H,26,27). The number of nitrogens with zero attached hydrogens (tertiary/aromatic N) is 5. The first kappa shape index (κ1) is 21.0. The molecule has 4 heterocycles. The fraction of sp³-hybridized carbons (Fsp3) is 0.417. The fourth-order valence-corrected chi connectivity index (χ4v) is 6.01. The van der Waals surface area contributed by atoms with Crippen LogP contribution in [0.4, 0.5) is 5.82 Å². The van der Waals surface area contributed by atoms with Crippen LogP contribution >= 0.6 is 11.3 Å². The van der Waals surface area contributed by atoms with E-state index in [0.29, 0.717) is 6.04 Å². The Labute approximate surface area is 192 Å². The van der Waals surface area contributed by atoms with Crippen LogP contribution in [0.3, 0.4) is 0 Å². The molecule has 0 amide bonds. The number of benzene rings is 1. The average molecular weight is 448 g/mol. The Kier molecular flexibility index (Phi) is 5.02. The molecule has 7 nitrogen and oxygen atoms in total. The molecule has 0 unspecified atom stereocenters. The van der Waals surface area contributed by atoms with Gasteiger partial charge in [-0.1, -0.05) is 12.1 Å². The number of nitrogens with one attached hydrogen (secondary N) is 2. The predicted molar refractivity (Wildman–Crippen MR) is 131 cm³/mol. The molecule has 0 saturated carbocycles. The lowest BCUT2D eigenvalue weighted by molar-refractivity contribution is 0.160. The van der Waals surface area contributed by atoms with Crippen LogP contribution < -0.4 is 10.2 Å². The van der Waals surface area contributed by atoms with Gasteiger partial charge < -0.3 is 10.2 Å². The molecule has 8 heteroatoms. The van der Waals surface area contributed by atoms with Crippen LogP contribution in [0.25, 0.3) is 32.6 Å². The molecule has 1 aliphatic rings. The molecule has 1 fully saturated rings. The van der Waals surface area contributed by atoms with Crippen molar-refractivity contribution in [3.63, 3.8) is 0 Å². The van der Waals surface area contributed by atoms with E-state index in [1.165, 1.54) is 0 Å². The van der Waals surface area contributed by atoms with Crippen LogP contribution in [0, 0.1) is 0 Å². The highest BCUT2D eigenvalue weighted by molar-refractivity contribution is 7.17. The van der Waals surface area contributed by atoms with Crippen molar-refractivity contribution in [2.75, 3.05) is 11.9 Å². The van der Waals surface area contributed by atoms with Crippen molar-refractivity contribution in [2.24, 2.45) is 0 Å². The number of aromatic nitrogens is 5. The number of rotatable bonds is 4.